The molecule has 0 spiro atoms. The van der Waals surface area contributed by atoms with Crippen LogP contribution in [0.5, 0.6) is 0 Å². The molecule has 0 bridgehead atoms. The average Bonchev–Trinajstić information content (AvgIpc) is 3.09. The van der Waals surface area contributed by atoms with E-state index in [0.717, 1.165) is 17.8 Å². The minimum atomic E-state index is -0.0865. The first kappa shape index (κ1) is 18.0. The molecule has 0 saturated carbocycles. The van der Waals surface area contributed by atoms with Gasteiger partial charge in [-0.1, -0.05) is 48.0 Å². The van der Waals surface area contributed by atoms with Gasteiger partial charge in [-0.25, -0.2) is 4.68 Å². The minimum Gasteiger partial charge on any atom is -0.362 e. The molecule has 134 valence electrons. The quantitative estimate of drug-likeness (QED) is 0.684. The van der Waals surface area contributed by atoms with Crippen molar-refractivity contribution in [3.05, 3.63) is 77.4 Å². The molecule has 0 unspecified atom stereocenters. The van der Waals surface area contributed by atoms with Crippen molar-refractivity contribution in [3.63, 3.8) is 0 Å². The number of carbonyl (C=O) groups excluding carboxylic acids is 1. The normalized spacial score (nSPS) is 10.5. The second-order valence-electron chi connectivity index (χ2n) is 5.86. The van der Waals surface area contributed by atoms with Crippen molar-refractivity contribution in [2.24, 2.45) is 0 Å². The third-order valence-electron chi connectivity index (χ3n) is 4.10. The highest BCUT2D eigenvalue weighted by Gasteiger charge is 2.13. The number of nitrogens with zero attached hydrogens (tertiary/aromatic N) is 3. The minimum absolute atomic E-state index is 0.0865. The van der Waals surface area contributed by atoms with Crippen molar-refractivity contribution in [2.45, 2.75) is 13.5 Å². The Hall–Kier alpha value is -2.79. The lowest BCUT2D eigenvalue weighted by Gasteiger charge is -2.22. The molecule has 0 aliphatic heterocycles. The SMILES string of the molecule is CCN(CC(=O)Nc1ccnn1Cc1ccccc1Cl)c1ccccc1. The number of hydrogen-bond donors (Lipinski definition) is 1. The summed E-state index contributed by atoms with van der Waals surface area (Å²) in [5, 5.41) is 7.92. The Balaban J connectivity index is 1.67. The van der Waals surface area contributed by atoms with Gasteiger partial charge in [-0.3, -0.25) is 4.79 Å². The van der Waals surface area contributed by atoms with Gasteiger partial charge in [0.25, 0.3) is 0 Å². The van der Waals surface area contributed by atoms with Crippen LogP contribution in [0.2, 0.25) is 5.02 Å². The number of benzene rings is 2. The third kappa shape index (κ3) is 4.43. The highest BCUT2D eigenvalue weighted by atomic mass is 35.5. The number of likely N-dealkylation sites (N-methyl/N-ethyl adjacent to an activating group) is 1. The van der Waals surface area contributed by atoms with Gasteiger partial charge in [0, 0.05) is 23.3 Å². The van der Waals surface area contributed by atoms with Gasteiger partial charge in [-0.2, -0.15) is 5.10 Å². The maximum atomic E-state index is 12.5. The summed E-state index contributed by atoms with van der Waals surface area (Å²) < 4.78 is 1.73. The Morgan fingerprint density at radius 1 is 1.12 bits per heavy atom. The van der Waals surface area contributed by atoms with E-state index < -0.39 is 0 Å². The van der Waals surface area contributed by atoms with Crippen LogP contribution in [0.15, 0.2) is 66.9 Å². The van der Waals surface area contributed by atoms with Crippen molar-refractivity contribution in [1.82, 2.24) is 9.78 Å². The van der Waals surface area contributed by atoms with Gasteiger partial charge in [0.05, 0.1) is 19.3 Å². The number of rotatable bonds is 7. The molecule has 1 aromatic heterocycles. The lowest BCUT2D eigenvalue weighted by atomic mass is 10.2. The molecule has 0 radical (unpaired) electrons. The first-order chi connectivity index (χ1) is 12.7. The number of anilines is 2. The zero-order chi connectivity index (χ0) is 18.4. The van der Waals surface area contributed by atoms with E-state index in [2.05, 4.69) is 10.4 Å². The molecule has 0 aliphatic carbocycles. The molecule has 3 aromatic rings. The number of aromatic nitrogens is 2. The summed E-state index contributed by atoms with van der Waals surface area (Å²) in [4.78, 5) is 14.5. The average molecular weight is 369 g/mol. The molecular weight excluding hydrogens is 348 g/mol. The molecular formula is C20H21ClN4O. The molecule has 0 saturated heterocycles. The summed E-state index contributed by atoms with van der Waals surface area (Å²) in [7, 11) is 0. The van der Waals surface area contributed by atoms with E-state index in [9.17, 15) is 4.79 Å². The molecule has 0 atom stereocenters. The van der Waals surface area contributed by atoms with Crippen LogP contribution in [0.4, 0.5) is 11.5 Å². The fourth-order valence-electron chi connectivity index (χ4n) is 2.73. The predicted octanol–water partition coefficient (Wildman–Crippen LogP) is 4.05. The van der Waals surface area contributed by atoms with Crippen LogP contribution in [0, 0.1) is 0 Å². The number of para-hydroxylation sites is 1. The standard InChI is InChI=1S/C20H21ClN4O/c1-2-24(17-9-4-3-5-10-17)15-20(26)23-19-12-13-22-25(19)14-16-8-6-7-11-18(16)21/h3-13H,2,14-15H2,1H3,(H,23,26). The number of nitrogens with one attached hydrogen (secondary N) is 1. The van der Waals surface area contributed by atoms with E-state index in [1.807, 2.05) is 66.4 Å². The first-order valence-electron chi connectivity index (χ1n) is 8.52. The summed E-state index contributed by atoms with van der Waals surface area (Å²) in [6.07, 6.45) is 1.67. The number of carbonyl (C=O) groups is 1. The van der Waals surface area contributed by atoms with Crippen LogP contribution in [-0.2, 0) is 11.3 Å². The molecule has 1 heterocycles. The molecule has 1 amide bonds. The maximum Gasteiger partial charge on any atom is 0.245 e. The van der Waals surface area contributed by atoms with Gasteiger partial charge in [0.2, 0.25) is 5.91 Å². The highest BCUT2D eigenvalue weighted by molar-refractivity contribution is 6.31. The highest BCUT2D eigenvalue weighted by Crippen LogP contribution is 2.18. The Labute approximate surface area is 158 Å². The smallest absolute Gasteiger partial charge is 0.245 e. The van der Waals surface area contributed by atoms with Crippen LogP contribution in [0.3, 0.4) is 0 Å². The number of amides is 1. The molecule has 0 aliphatic rings. The van der Waals surface area contributed by atoms with Gasteiger partial charge < -0.3 is 10.2 Å². The van der Waals surface area contributed by atoms with E-state index in [0.29, 0.717) is 17.4 Å². The largest absolute Gasteiger partial charge is 0.362 e. The number of hydrogen-bond acceptors (Lipinski definition) is 3. The van der Waals surface area contributed by atoms with E-state index in [1.165, 1.54) is 0 Å². The summed E-state index contributed by atoms with van der Waals surface area (Å²) in [6.45, 7) is 3.55. The Bertz CT molecular complexity index is 863. The van der Waals surface area contributed by atoms with E-state index >= 15 is 0 Å². The van der Waals surface area contributed by atoms with Gasteiger partial charge in [0.15, 0.2) is 0 Å². The van der Waals surface area contributed by atoms with Crippen LogP contribution in [0.1, 0.15) is 12.5 Å². The van der Waals surface area contributed by atoms with E-state index in [-0.39, 0.29) is 12.5 Å². The predicted molar refractivity (Wildman–Crippen MR) is 106 cm³/mol. The van der Waals surface area contributed by atoms with Gasteiger partial charge in [0.1, 0.15) is 5.82 Å². The van der Waals surface area contributed by atoms with Crippen molar-refractivity contribution in [2.75, 3.05) is 23.3 Å². The summed E-state index contributed by atoms with van der Waals surface area (Å²) >= 11 is 6.22. The van der Waals surface area contributed by atoms with Crippen molar-refractivity contribution in [3.8, 4) is 0 Å². The third-order valence-corrected chi connectivity index (χ3v) is 4.47. The van der Waals surface area contributed by atoms with Gasteiger partial charge in [-0.15, -0.1) is 0 Å². The zero-order valence-corrected chi connectivity index (χ0v) is 15.4. The van der Waals surface area contributed by atoms with Crippen molar-refractivity contribution in [1.29, 1.82) is 0 Å². The first-order valence-corrected chi connectivity index (χ1v) is 8.90. The maximum absolute atomic E-state index is 12.5. The number of halogens is 1. The fraction of sp³-hybridized carbons (Fsp3) is 0.200. The monoisotopic (exact) mass is 368 g/mol. The zero-order valence-electron chi connectivity index (χ0n) is 14.6. The van der Waals surface area contributed by atoms with Crippen LogP contribution >= 0.6 is 11.6 Å². The van der Waals surface area contributed by atoms with Crippen molar-refractivity contribution < 1.29 is 4.79 Å². The van der Waals surface area contributed by atoms with E-state index in [4.69, 9.17) is 11.6 Å². The Morgan fingerprint density at radius 2 is 1.85 bits per heavy atom. The molecule has 0 fully saturated rings. The van der Waals surface area contributed by atoms with Gasteiger partial charge >= 0.3 is 0 Å². The summed E-state index contributed by atoms with van der Waals surface area (Å²) in [5.74, 6) is 0.565. The molecule has 3 rings (SSSR count). The molecule has 2 aromatic carbocycles. The summed E-state index contributed by atoms with van der Waals surface area (Å²) in [6, 6.07) is 19.3. The fourth-order valence-corrected chi connectivity index (χ4v) is 2.93. The van der Waals surface area contributed by atoms with Crippen LogP contribution < -0.4 is 10.2 Å². The molecule has 26 heavy (non-hydrogen) atoms. The van der Waals surface area contributed by atoms with Crippen LogP contribution in [0.25, 0.3) is 0 Å². The van der Waals surface area contributed by atoms with Gasteiger partial charge in [-0.05, 0) is 30.7 Å². The van der Waals surface area contributed by atoms with E-state index in [1.54, 1.807) is 16.9 Å². The Kier molecular flexibility index (Phi) is 5.92. The molecule has 1 N–H and O–H groups in total. The van der Waals surface area contributed by atoms with Crippen LogP contribution in [-0.4, -0.2) is 28.8 Å². The topological polar surface area (TPSA) is 50.2 Å². The lowest BCUT2D eigenvalue weighted by Crippen LogP contribution is -2.33. The second kappa shape index (κ2) is 8.54. The van der Waals surface area contributed by atoms with Crippen molar-refractivity contribution >= 4 is 29.0 Å². The molecule has 5 nitrogen and oxygen atoms in total. The molecule has 6 heteroatoms. The Morgan fingerprint density at radius 3 is 2.58 bits per heavy atom. The summed E-state index contributed by atoms with van der Waals surface area (Å²) in [5.41, 5.74) is 1.97. The second-order valence-corrected chi connectivity index (χ2v) is 6.27. The lowest BCUT2D eigenvalue weighted by molar-refractivity contribution is -0.115.